The van der Waals surface area contributed by atoms with Crippen LogP contribution in [0.3, 0.4) is 0 Å². The third kappa shape index (κ3) is 1.27. The quantitative estimate of drug-likeness (QED) is 0.551. The minimum atomic E-state index is -0.0767. The molecule has 3 heteroatoms. The first kappa shape index (κ1) is 12.3. The lowest BCUT2D eigenvalue weighted by molar-refractivity contribution is -0.160. The Morgan fingerprint density at radius 3 is 1.68 bits per heavy atom. The summed E-state index contributed by atoms with van der Waals surface area (Å²) in [4.78, 5) is 28.2. The highest BCUT2D eigenvalue weighted by molar-refractivity contribution is 6.07. The molecule has 4 unspecified atom stereocenters. The van der Waals surface area contributed by atoms with Crippen molar-refractivity contribution >= 4 is 11.8 Å². The van der Waals surface area contributed by atoms with Gasteiger partial charge < -0.3 is 0 Å². The standard InChI is InChI=1S/C19H23NO2/c21-17-15-13-1-2-14(6-13)16(15)18(22)20(17)19-7-10-3-11(8-19)5-12(4-10)9-19/h1-2,10-16H,3-9H2. The smallest absolute Gasteiger partial charge is 0.234 e. The van der Waals surface area contributed by atoms with E-state index in [4.69, 9.17) is 0 Å². The zero-order chi connectivity index (χ0) is 14.6. The van der Waals surface area contributed by atoms with Crippen molar-refractivity contribution in [1.82, 2.24) is 4.90 Å². The molecule has 6 bridgehead atoms. The van der Waals surface area contributed by atoms with Crippen molar-refractivity contribution < 1.29 is 9.59 Å². The molecule has 5 saturated carbocycles. The van der Waals surface area contributed by atoms with Gasteiger partial charge in [-0.25, -0.2) is 0 Å². The van der Waals surface area contributed by atoms with E-state index in [1.165, 1.54) is 19.3 Å². The molecule has 7 rings (SSSR count). The van der Waals surface area contributed by atoms with Gasteiger partial charge in [0, 0.05) is 0 Å². The van der Waals surface area contributed by atoms with Gasteiger partial charge in [0.2, 0.25) is 11.8 Å². The minimum absolute atomic E-state index is 0.00416. The molecule has 2 amide bonds. The maximum atomic E-state index is 13.2. The molecule has 3 nitrogen and oxygen atoms in total. The number of carbonyl (C=O) groups is 2. The van der Waals surface area contributed by atoms with Gasteiger partial charge in [0.25, 0.3) is 0 Å². The average molecular weight is 297 g/mol. The van der Waals surface area contributed by atoms with Crippen LogP contribution in [0.4, 0.5) is 0 Å². The van der Waals surface area contributed by atoms with Crippen LogP contribution in [0, 0.1) is 41.4 Å². The Labute approximate surface area is 131 Å². The first-order valence-electron chi connectivity index (χ1n) is 9.21. The summed E-state index contributed by atoms with van der Waals surface area (Å²) < 4.78 is 0. The van der Waals surface area contributed by atoms with Crippen molar-refractivity contribution in [3.8, 4) is 0 Å². The largest absolute Gasteiger partial charge is 0.276 e. The van der Waals surface area contributed by atoms with Gasteiger partial charge in [-0.05, 0) is 74.5 Å². The third-order valence-electron chi connectivity index (χ3n) is 7.95. The number of carbonyl (C=O) groups excluding carboxylic acids is 2. The zero-order valence-corrected chi connectivity index (χ0v) is 12.9. The van der Waals surface area contributed by atoms with Crippen LogP contribution in [0.15, 0.2) is 12.2 Å². The van der Waals surface area contributed by atoms with E-state index in [-0.39, 0.29) is 29.2 Å². The van der Waals surface area contributed by atoms with E-state index in [0.29, 0.717) is 11.8 Å². The third-order valence-corrected chi connectivity index (χ3v) is 7.95. The molecule has 4 atom stereocenters. The summed E-state index contributed by atoms with van der Waals surface area (Å²) in [6.45, 7) is 0. The van der Waals surface area contributed by atoms with E-state index in [9.17, 15) is 9.59 Å². The first-order chi connectivity index (χ1) is 10.6. The van der Waals surface area contributed by atoms with E-state index in [2.05, 4.69) is 12.2 Å². The second-order valence-corrected chi connectivity index (χ2v) is 9.15. The molecule has 6 fully saturated rings. The Bertz CT molecular complexity index is 556. The highest BCUT2D eigenvalue weighted by Crippen LogP contribution is 2.61. The average Bonchev–Trinajstić information content (AvgIpc) is 3.11. The summed E-state index contributed by atoms with van der Waals surface area (Å²) in [5.41, 5.74) is -0.0767. The van der Waals surface area contributed by atoms with Gasteiger partial charge in [0.1, 0.15) is 0 Å². The Morgan fingerprint density at radius 2 is 1.23 bits per heavy atom. The predicted molar refractivity (Wildman–Crippen MR) is 80.5 cm³/mol. The van der Waals surface area contributed by atoms with Gasteiger partial charge >= 0.3 is 0 Å². The predicted octanol–water partition coefficient (Wildman–Crippen LogP) is 2.76. The van der Waals surface area contributed by atoms with Crippen molar-refractivity contribution in [3.05, 3.63) is 12.2 Å². The molecule has 0 N–H and O–H groups in total. The first-order valence-corrected chi connectivity index (χ1v) is 9.21. The fourth-order valence-electron chi connectivity index (χ4n) is 7.71. The van der Waals surface area contributed by atoms with Gasteiger partial charge in [0.15, 0.2) is 0 Å². The number of allylic oxidation sites excluding steroid dienone is 2. The van der Waals surface area contributed by atoms with Gasteiger partial charge in [-0.1, -0.05) is 12.2 Å². The maximum absolute atomic E-state index is 13.2. The molecule has 0 spiro atoms. The lowest BCUT2D eigenvalue weighted by atomic mass is 9.52. The molecular weight excluding hydrogens is 274 g/mol. The van der Waals surface area contributed by atoms with Crippen LogP contribution in [-0.4, -0.2) is 22.3 Å². The van der Waals surface area contributed by atoms with Gasteiger partial charge in [0.05, 0.1) is 17.4 Å². The summed E-state index contributed by atoms with van der Waals surface area (Å²) in [6.07, 6.45) is 12.9. The van der Waals surface area contributed by atoms with Crippen molar-refractivity contribution in [2.24, 2.45) is 41.4 Å². The molecule has 1 saturated heterocycles. The normalized spacial score (nSPS) is 57.3. The number of hydrogen-bond donors (Lipinski definition) is 0. The van der Waals surface area contributed by atoms with E-state index in [0.717, 1.165) is 43.4 Å². The van der Waals surface area contributed by atoms with Crippen LogP contribution < -0.4 is 0 Å². The minimum Gasteiger partial charge on any atom is -0.276 e. The van der Waals surface area contributed by atoms with Crippen molar-refractivity contribution in [2.45, 2.75) is 50.5 Å². The monoisotopic (exact) mass is 297 g/mol. The highest BCUT2D eigenvalue weighted by atomic mass is 16.2. The van der Waals surface area contributed by atoms with Gasteiger partial charge in [-0.15, -0.1) is 0 Å². The number of imide groups is 1. The Balaban J connectivity index is 1.41. The van der Waals surface area contributed by atoms with E-state index >= 15 is 0 Å². The Hall–Kier alpha value is -1.12. The molecule has 7 aliphatic rings. The van der Waals surface area contributed by atoms with Gasteiger partial charge in [-0.2, -0.15) is 0 Å². The molecule has 6 aliphatic carbocycles. The summed E-state index contributed by atoms with van der Waals surface area (Å²) in [5, 5.41) is 0. The molecule has 0 radical (unpaired) electrons. The SMILES string of the molecule is O=C1C2C3C=CC(C3)C2C(=O)N1C12CC3CC(CC(C3)C1)C2. The number of fused-ring (bicyclic) bond motifs is 5. The number of nitrogens with zero attached hydrogens (tertiary/aromatic N) is 1. The maximum Gasteiger partial charge on any atom is 0.234 e. The van der Waals surface area contributed by atoms with Crippen LogP contribution in [0.2, 0.25) is 0 Å². The number of amides is 2. The summed E-state index contributed by atoms with van der Waals surface area (Å²) in [6, 6.07) is 0. The van der Waals surface area contributed by atoms with Crippen molar-refractivity contribution in [2.75, 3.05) is 0 Å². The second-order valence-electron chi connectivity index (χ2n) is 9.15. The van der Waals surface area contributed by atoms with Crippen LogP contribution >= 0.6 is 0 Å². The lowest BCUT2D eigenvalue weighted by Crippen LogP contribution is -2.62. The molecule has 0 aromatic heterocycles. The second kappa shape index (κ2) is 3.68. The van der Waals surface area contributed by atoms with Crippen LogP contribution in [-0.2, 0) is 9.59 Å². The summed E-state index contributed by atoms with van der Waals surface area (Å²) >= 11 is 0. The fraction of sp³-hybridized carbons (Fsp3) is 0.789. The zero-order valence-electron chi connectivity index (χ0n) is 12.9. The Kier molecular flexibility index (Phi) is 2.06. The molecular formula is C19H23NO2. The van der Waals surface area contributed by atoms with Crippen molar-refractivity contribution in [3.63, 3.8) is 0 Å². The lowest BCUT2D eigenvalue weighted by Gasteiger charge is -2.59. The number of rotatable bonds is 1. The fourth-order valence-corrected chi connectivity index (χ4v) is 7.71. The summed E-state index contributed by atoms with van der Waals surface area (Å²) in [5.74, 6) is 3.44. The topological polar surface area (TPSA) is 37.4 Å². The summed E-state index contributed by atoms with van der Waals surface area (Å²) in [7, 11) is 0. The highest BCUT2D eigenvalue weighted by Gasteiger charge is 2.65. The van der Waals surface area contributed by atoms with Gasteiger partial charge in [-0.3, -0.25) is 14.5 Å². The van der Waals surface area contributed by atoms with E-state index in [1.807, 2.05) is 4.90 Å². The van der Waals surface area contributed by atoms with E-state index in [1.54, 1.807) is 0 Å². The van der Waals surface area contributed by atoms with Crippen molar-refractivity contribution in [1.29, 1.82) is 0 Å². The molecule has 0 aromatic rings. The molecule has 22 heavy (non-hydrogen) atoms. The molecule has 1 aliphatic heterocycles. The number of hydrogen-bond acceptors (Lipinski definition) is 2. The van der Waals surface area contributed by atoms with Crippen LogP contribution in [0.5, 0.6) is 0 Å². The number of likely N-dealkylation sites (tertiary alicyclic amines) is 1. The Morgan fingerprint density at radius 1 is 0.773 bits per heavy atom. The van der Waals surface area contributed by atoms with Crippen LogP contribution in [0.25, 0.3) is 0 Å². The molecule has 0 aromatic carbocycles. The van der Waals surface area contributed by atoms with Crippen LogP contribution in [0.1, 0.15) is 44.9 Å². The molecule has 116 valence electrons. The molecule has 1 heterocycles. The van der Waals surface area contributed by atoms with E-state index < -0.39 is 0 Å².